The molecule has 1 aliphatic rings. The van der Waals surface area contributed by atoms with Crippen molar-refractivity contribution in [2.75, 3.05) is 0 Å². The number of aliphatic hydroxyl groups is 1. The monoisotopic (exact) mass is 124 g/mol. The zero-order valence-corrected chi connectivity index (χ0v) is 5.67. The molecule has 0 amide bonds. The first-order valence-electron chi connectivity index (χ1n) is 3.35. The highest BCUT2D eigenvalue weighted by Gasteiger charge is 2.11. The van der Waals surface area contributed by atoms with Crippen molar-refractivity contribution in [1.82, 2.24) is 0 Å². The van der Waals surface area contributed by atoms with E-state index in [0.717, 1.165) is 18.4 Å². The van der Waals surface area contributed by atoms with Crippen LogP contribution in [0.1, 0.15) is 19.8 Å². The highest BCUT2D eigenvalue weighted by atomic mass is 16.3. The minimum atomic E-state index is -0.193. The zero-order chi connectivity index (χ0) is 6.69. The highest BCUT2D eigenvalue weighted by Crippen LogP contribution is 2.18. The van der Waals surface area contributed by atoms with E-state index >= 15 is 0 Å². The maximum absolute atomic E-state index is 9.20. The van der Waals surface area contributed by atoms with Crippen molar-refractivity contribution >= 4 is 0 Å². The number of aliphatic hydroxyl groups excluding tert-OH is 1. The van der Waals surface area contributed by atoms with E-state index in [-0.39, 0.29) is 6.10 Å². The molecule has 0 aromatic carbocycles. The van der Waals surface area contributed by atoms with Crippen LogP contribution in [0.5, 0.6) is 0 Å². The van der Waals surface area contributed by atoms with Crippen molar-refractivity contribution in [3.63, 3.8) is 0 Å². The normalized spacial score (nSPS) is 27.3. The average molecular weight is 124 g/mol. The van der Waals surface area contributed by atoms with Gasteiger partial charge in [0.25, 0.3) is 0 Å². The molecule has 0 fully saturated rings. The number of allylic oxidation sites excluding steroid dienone is 2. The van der Waals surface area contributed by atoms with Crippen LogP contribution in [-0.2, 0) is 0 Å². The Labute approximate surface area is 55.7 Å². The van der Waals surface area contributed by atoms with E-state index in [1.165, 1.54) is 0 Å². The Hall–Kier alpha value is -0.560. The second-order valence-electron chi connectivity index (χ2n) is 2.30. The summed E-state index contributed by atoms with van der Waals surface area (Å²) in [7, 11) is 0. The van der Waals surface area contributed by atoms with Crippen molar-refractivity contribution in [1.29, 1.82) is 0 Å². The molecule has 9 heavy (non-hydrogen) atoms. The average Bonchev–Trinajstić information content (AvgIpc) is 2.18. The second-order valence-corrected chi connectivity index (χ2v) is 2.30. The van der Waals surface area contributed by atoms with Gasteiger partial charge in [-0.1, -0.05) is 18.2 Å². The summed E-state index contributed by atoms with van der Waals surface area (Å²) < 4.78 is 0. The first-order chi connectivity index (χ1) is 4.34. The fourth-order valence-electron chi connectivity index (χ4n) is 1.08. The molecule has 0 aliphatic heterocycles. The smallest absolute Gasteiger partial charge is 0.0789 e. The molecule has 1 heteroatoms. The van der Waals surface area contributed by atoms with E-state index in [4.69, 9.17) is 0 Å². The summed E-state index contributed by atoms with van der Waals surface area (Å²) in [5, 5.41) is 9.20. The van der Waals surface area contributed by atoms with E-state index in [1.54, 1.807) is 0 Å². The van der Waals surface area contributed by atoms with Gasteiger partial charge >= 0.3 is 0 Å². The van der Waals surface area contributed by atoms with Crippen molar-refractivity contribution in [2.45, 2.75) is 25.9 Å². The Morgan fingerprint density at radius 2 is 2.56 bits per heavy atom. The standard InChI is InChI=1S/C8H12O/c1-2-4-7-5-3-6-8(7)9/h2,4-5,8-9H,3,6H2,1H3. The van der Waals surface area contributed by atoms with Gasteiger partial charge in [-0.25, -0.2) is 0 Å². The molecule has 1 rings (SSSR count). The summed E-state index contributed by atoms with van der Waals surface area (Å²) in [4.78, 5) is 0. The molecule has 0 aromatic heterocycles. The Morgan fingerprint density at radius 1 is 1.78 bits per heavy atom. The lowest BCUT2D eigenvalue weighted by Crippen LogP contribution is -2.01. The third kappa shape index (κ3) is 1.42. The lowest BCUT2D eigenvalue weighted by molar-refractivity contribution is 0.215. The number of hydrogen-bond acceptors (Lipinski definition) is 1. The summed E-state index contributed by atoms with van der Waals surface area (Å²) >= 11 is 0. The Kier molecular flexibility index (Phi) is 2.06. The quantitative estimate of drug-likeness (QED) is 0.563. The van der Waals surface area contributed by atoms with E-state index in [0.29, 0.717) is 0 Å². The summed E-state index contributed by atoms with van der Waals surface area (Å²) in [5.41, 5.74) is 1.08. The molecular weight excluding hydrogens is 112 g/mol. The molecular formula is C8H12O. The van der Waals surface area contributed by atoms with E-state index in [9.17, 15) is 5.11 Å². The fourth-order valence-corrected chi connectivity index (χ4v) is 1.08. The van der Waals surface area contributed by atoms with Crippen molar-refractivity contribution in [3.8, 4) is 0 Å². The lowest BCUT2D eigenvalue weighted by Gasteiger charge is -2.00. The Balaban J connectivity index is 2.57. The van der Waals surface area contributed by atoms with Crippen molar-refractivity contribution in [3.05, 3.63) is 23.8 Å². The van der Waals surface area contributed by atoms with Crippen LogP contribution >= 0.6 is 0 Å². The predicted octanol–water partition coefficient (Wildman–Crippen LogP) is 1.64. The van der Waals surface area contributed by atoms with Gasteiger partial charge < -0.3 is 5.11 Å². The van der Waals surface area contributed by atoms with Gasteiger partial charge in [0.15, 0.2) is 0 Å². The first-order valence-corrected chi connectivity index (χ1v) is 3.35. The van der Waals surface area contributed by atoms with Gasteiger partial charge in [-0.05, 0) is 25.3 Å². The molecule has 1 aliphatic carbocycles. The van der Waals surface area contributed by atoms with Gasteiger partial charge in [0.2, 0.25) is 0 Å². The van der Waals surface area contributed by atoms with Crippen LogP contribution in [0.25, 0.3) is 0 Å². The van der Waals surface area contributed by atoms with E-state index < -0.39 is 0 Å². The molecule has 0 spiro atoms. The molecule has 50 valence electrons. The molecule has 1 unspecified atom stereocenters. The third-order valence-corrected chi connectivity index (χ3v) is 1.56. The van der Waals surface area contributed by atoms with Crippen LogP contribution in [0.15, 0.2) is 23.8 Å². The van der Waals surface area contributed by atoms with Gasteiger partial charge in [0.1, 0.15) is 0 Å². The summed E-state index contributed by atoms with van der Waals surface area (Å²) in [6.07, 6.45) is 7.75. The highest BCUT2D eigenvalue weighted by molar-refractivity contribution is 5.25. The molecule has 0 saturated carbocycles. The summed E-state index contributed by atoms with van der Waals surface area (Å²) in [5.74, 6) is 0. The largest absolute Gasteiger partial charge is 0.388 e. The lowest BCUT2D eigenvalue weighted by atomic mass is 10.2. The molecule has 0 heterocycles. The van der Waals surface area contributed by atoms with Gasteiger partial charge in [-0.2, -0.15) is 0 Å². The van der Waals surface area contributed by atoms with Gasteiger partial charge in [0.05, 0.1) is 6.10 Å². The van der Waals surface area contributed by atoms with E-state index in [1.807, 2.05) is 19.1 Å². The van der Waals surface area contributed by atoms with Crippen LogP contribution in [-0.4, -0.2) is 11.2 Å². The topological polar surface area (TPSA) is 20.2 Å². The van der Waals surface area contributed by atoms with E-state index in [2.05, 4.69) is 6.08 Å². The maximum atomic E-state index is 9.20. The Bertz CT molecular complexity index is 145. The maximum Gasteiger partial charge on any atom is 0.0789 e. The molecule has 0 saturated heterocycles. The van der Waals surface area contributed by atoms with Gasteiger partial charge in [-0.15, -0.1) is 0 Å². The molecule has 1 N–H and O–H groups in total. The second kappa shape index (κ2) is 2.83. The van der Waals surface area contributed by atoms with Crippen molar-refractivity contribution in [2.24, 2.45) is 0 Å². The van der Waals surface area contributed by atoms with Crippen LogP contribution in [0, 0.1) is 0 Å². The predicted molar refractivity (Wildman–Crippen MR) is 38.1 cm³/mol. The minimum Gasteiger partial charge on any atom is -0.388 e. The molecule has 1 atom stereocenters. The molecule has 1 nitrogen and oxygen atoms in total. The zero-order valence-electron chi connectivity index (χ0n) is 5.67. The van der Waals surface area contributed by atoms with Crippen LogP contribution in [0.4, 0.5) is 0 Å². The van der Waals surface area contributed by atoms with Crippen LogP contribution < -0.4 is 0 Å². The Morgan fingerprint density at radius 3 is 3.00 bits per heavy atom. The molecule has 0 bridgehead atoms. The molecule has 0 aromatic rings. The SMILES string of the molecule is CC=CC1=CCCC1O. The number of rotatable bonds is 1. The van der Waals surface area contributed by atoms with Crippen LogP contribution in [0.2, 0.25) is 0 Å². The number of hydrogen-bond donors (Lipinski definition) is 1. The van der Waals surface area contributed by atoms with Gasteiger partial charge in [-0.3, -0.25) is 0 Å². The summed E-state index contributed by atoms with van der Waals surface area (Å²) in [6.45, 7) is 1.96. The van der Waals surface area contributed by atoms with Gasteiger partial charge in [0, 0.05) is 0 Å². The first kappa shape index (κ1) is 6.56. The molecule has 0 radical (unpaired) electrons. The summed E-state index contributed by atoms with van der Waals surface area (Å²) in [6, 6.07) is 0. The van der Waals surface area contributed by atoms with Crippen LogP contribution in [0.3, 0.4) is 0 Å². The van der Waals surface area contributed by atoms with Crippen molar-refractivity contribution < 1.29 is 5.11 Å². The fraction of sp³-hybridized carbons (Fsp3) is 0.500. The third-order valence-electron chi connectivity index (χ3n) is 1.56. The minimum absolute atomic E-state index is 0.193.